The Hall–Kier alpha value is -3.24. The molecule has 34 heavy (non-hydrogen) atoms. The van der Waals surface area contributed by atoms with Crippen molar-refractivity contribution >= 4 is 40.9 Å². The van der Waals surface area contributed by atoms with Gasteiger partial charge in [-0.15, -0.1) is 10.2 Å². The third kappa shape index (κ3) is 6.88. The smallest absolute Gasteiger partial charge is 0.338 e. The minimum Gasteiger partial charge on any atom is -0.497 e. The van der Waals surface area contributed by atoms with Crippen molar-refractivity contribution in [1.29, 1.82) is 0 Å². The number of carbonyl (C=O) groups is 2. The number of benzene rings is 2. The molecule has 0 aliphatic heterocycles. The van der Waals surface area contributed by atoms with Crippen LogP contribution >= 0.6 is 23.4 Å². The highest BCUT2D eigenvalue weighted by molar-refractivity contribution is 7.99. The van der Waals surface area contributed by atoms with Crippen molar-refractivity contribution < 1.29 is 23.8 Å². The molecule has 3 aromatic rings. The number of ether oxygens (including phenoxy) is 3. The van der Waals surface area contributed by atoms with E-state index in [-0.39, 0.29) is 24.4 Å². The summed E-state index contributed by atoms with van der Waals surface area (Å²) in [4.78, 5) is 24.6. The molecular weight excluding hydrogens is 480 g/mol. The van der Waals surface area contributed by atoms with Crippen molar-refractivity contribution in [2.24, 2.45) is 7.05 Å². The molecule has 1 N–H and O–H groups in total. The summed E-state index contributed by atoms with van der Waals surface area (Å²) < 4.78 is 17.8. The molecule has 1 aromatic heterocycles. The minimum absolute atomic E-state index is 0.0717. The fourth-order valence-corrected chi connectivity index (χ4v) is 3.66. The number of carbonyl (C=O) groups excluding carboxylic acids is 2. The van der Waals surface area contributed by atoms with Gasteiger partial charge in [-0.2, -0.15) is 0 Å². The first-order chi connectivity index (χ1) is 16.3. The van der Waals surface area contributed by atoms with E-state index >= 15 is 0 Å². The molecule has 1 heterocycles. The number of anilines is 1. The van der Waals surface area contributed by atoms with Gasteiger partial charge in [0.05, 0.1) is 35.2 Å². The number of hydrogen-bond donors (Lipinski definition) is 1. The van der Waals surface area contributed by atoms with Crippen molar-refractivity contribution in [3.8, 4) is 11.5 Å². The monoisotopic (exact) mass is 504 g/mol. The SMILES string of the molecule is COc1ccc(OCc2nnc(SCC(=O)Nc3cc(C(=O)OC(C)C)ccc3Cl)n2C)cc1. The van der Waals surface area contributed by atoms with E-state index < -0.39 is 5.97 Å². The number of halogens is 1. The number of nitrogens with one attached hydrogen (secondary N) is 1. The molecule has 0 atom stereocenters. The van der Waals surface area contributed by atoms with E-state index in [9.17, 15) is 9.59 Å². The van der Waals surface area contributed by atoms with Gasteiger partial charge in [0, 0.05) is 7.05 Å². The molecule has 1 amide bonds. The van der Waals surface area contributed by atoms with Gasteiger partial charge < -0.3 is 24.1 Å². The van der Waals surface area contributed by atoms with Gasteiger partial charge in [-0.3, -0.25) is 4.79 Å². The fraction of sp³-hybridized carbons (Fsp3) is 0.304. The summed E-state index contributed by atoms with van der Waals surface area (Å²) in [5.41, 5.74) is 0.632. The van der Waals surface area contributed by atoms with Crippen LogP contribution in [0.1, 0.15) is 30.0 Å². The third-order valence-corrected chi connectivity index (χ3v) is 5.85. The highest BCUT2D eigenvalue weighted by Crippen LogP contribution is 2.25. The summed E-state index contributed by atoms with van der Waals surface area (Å²) in [7, 11) is 3.40. The Balaban J connectivity index is 1.55. The predicted molar refractivity (Wildman–Crippen MR) is 130 cm³/mol. The van der Waals surface area contributed by atoms with Gasteiger partial charge in [0.25, 0.3) is 0 Å². The third-order valence-electron chi connectivity index (χ3n) is 4.50. The lowest BCUT2D eigenvalue weighted by Crippen LogP contribution is -2.16. The first kappa shape index (κ1) is 25.4. The maximum Gasteiger partial charge on any atom is 0.338 e. The summed E-state index contributed by atoms with van der Waals surface area (Å²) in [6.07, 6.45) is -0.254. The molecule has 0 bridgehead atoms. The molecule has 9 nitrogen and oxygen atoms in total. The van der Waals surface area contributed by atoms with Gasteiger partial charge in [-0.05, 0) is 56.3 Å². The van der Waals surface area contributed by atoms with Crippen LogP contribution in [-0.2, 0) is 23.2 Å². The van der Waals surface area contributed by atoms with Crippen LogP contribution < -0.4 is 14.8 Å². The highest BCUT2D eigenvalue weighted by Gasteiger charge is 2.15. The Morgan fingerprint density at radius 1 is 1.12 bits per heavy atom. The summed E-state index contributed by atoms with van der Waals surface area (Å²) in [5, 5.41) is 11.9. The van der Waals surface area contributed by atoms with Gasteiger partial charge in [-0.1, -0.05) is 23.4 Å². The summed E-state index contributed by atoms with van der Waals surface area (Å²) in [6.45, 7) is 3.74. The minimum atomic E-state index is -0.486. The molecule has 2 aromatic carbocycles. The number of thioether (sulfide) groups is 1. The molecule has 0 fully saturated rings. The van der Waals surface area contributed by atoms with Crippen LogP contribution in [0.25, 0.3) is 0 Å². The van der Waals surface area contributed by atoms with Crippen LogP contribution in [0.5, 0.6) is 11.5 Å². The fourth-order valence-electron chi connectivity index (χ4n) is 2.76. The van der Waals surface area contributed by atoms with Gasteiger partial charge >= 0.3 is 5.97 Å². The average Bonchev–Trinajstić information content (AvgIpc) is 3.16. The number of methoxy groups -OCH3 is 1. The van der Waals surface area contributed by atoms with E-state index in [1.807, 2.05) is 0 Å². The van der Waals surface area contributed by atoms with Gasteiger partial charge in [-0.25, -0.2) is 4.79 Å². The lowest BCUT2D eigenvalue weighted by atomic mass is 10.2. The van der Waals surface area contributed by atoms with Gasteiger partial charge in [0.1, 0.15) is 18.1 Å². The molecule has 3 rings (SSSR count). The Labute approximate surface area is 206 Å². The maximum absolute atomic E-state index is 12.5. The van der Waals surface area contributed by atoms with Crippen LogP contribution in [-0.4, -0.2) is 45.6 Å². The van der Waals surface area contributed by atoms with Crippen molar-refractivity contribution in [1.82, 2.24) is 14.8 Å². The van der Waals surface area contributed by atoms with Crippen LogP contribution in [0.2, 0.25) is 5.02 Å². The van der Waals surface area contributed by atoms with E-state index in [1.165, 1.54) is 17.8 Å². The second-order valence-electron chi connectivity index (χ2n) is 7.41. The van der Waals surface area contributed by atoms with Crippen LogP contribution in [0.4, 0.5) is 5.69 Å². The molecule has 11 heteroatoms. The maximum atomic E-state index is 12.5. The summed E-state index contributed by atoms with van der Waals surface area (Å²) in [5.74, 6) is 1.31. The van der Waals surface area contributed by atoms with Gasteiger partial charge in [0.15, 0.2) is 11.0 Å². The quantitative estimate of drug-likeness (QED) is 0.321. The molecular formula is C23H25ClN4O5S. The number of nitrogens with zero attached hydrogens (tertiary/aromatic N) is 3. The van der Waals surface area contributed by atoms with Crippen molar-refractivity contribution in [3.63, 3.8) is 0 Å². The molecule has 0 saturated heterocycles. The number of rotatable bonds is 10. The van der Waals surface area contributed by atoms with Crippen molar-refractivity contribution in [3.05, 3.63) is 58.9 Å². The standard InChI is InChI=1S/C23H25ClN4O5S/c1-14(2)33-22(30)15-5-10-18(24)19(11-15)25-21(29)13-34-23-27-26-20(28(23)3)12-32-17-8-6-16(31-4)7-9-17/h5-11,14H,12-13H2,1-4H3,(H,25,29). The zero-order valence-corrected chi connectivity index (χ0v) is 20.8. The first-order valence-electron chi connectivity index (χ1n) is 10.3. The summed E-state index contributed by atoms with van der Waals surface area (Å²) in [6, 6.07) is 11.8. The Morgan fingerprint density at radius 3 is 2.50 bits per heavy atom. The van der Waals surface area contributed by atoms with Crippen LogP contribution in [0.3, 0.4) is 0 Å². The molecule has 180 valence electrons. The van der Waals surface area contributed by atoms with Crippen LogP contribution in [0, 0.1) is 0 Å². The van der Waals surface area contributed by atoms with Gasteiger partial charge in [0.2, 0.25) is 5.91 Å². The molecule has 0 aliphatic rings. The summed E-state index contributed by atoms with van der Waals surface area (Å²) >= 11 is 7.39. The molecule has 0 spiro atoms. The predicted octanol–water partition coefficient (Wildman–Crippen LogP) is 4.35. The van der Waals surface area contributed by atoms with E-state index in [4.69, 9.17) is 25.8 Å². The normalized spacial score (nSPS) is 10.8. The largest absolute Gasteiger partial charge is 0.497 e. The zero-order chi connectivity index (χ0) is 24.7. The second kappa shape index (κ2) is 11.8. The zero-order valence-electron chi connectivity index (χ0n) is 19.2. The lowest BCUT2D eigenvalue weighted by molar-refractivity contribution is -0.113. The first-order valence-corrected chi connectivity index (χ1v) is 11.7. The number of aromatic nitrogens is 3. The molecule has 0 saturated carbocycles. The number of hydrogen-bond acceptors (Lipinski definition) is 8. The number of esters is 1. The highest BCUT2D eigenvalue weighted by atomic mass is 35.5. The second-order valence-corrected chi connectivity index (χ2v) is 8.76. The van der Waals surface area contributed by atoms with E-state index in [2.05, 4.69) is 15.5 Å². The Kier molecular flexibility index (Phi) is 8.78. The molecule has 0 radical (unpaired) electrons. The lowest BCUT2D eigenvalue weighted by Gasteiger charge is -2.11. The molecule has 0 unspecified atom stereocenters. The Bertz CT molecular complexity index is 1150. The Morgan fingerprint density at radius 2 is 1.82 bits per heavy atom. The van der Waals surface area contributed by atoms with E-state index in [1.54, 1.807) is 69.0 Å². The number of amides is 1. The van der Waals surface area contributed by atoms with E-state index in [0.29, 0.717) is 33.0 Å². The van der Waals surface area contributed by atoms with E-state index in [0.717, 1.165) is 5.75 Å². The molecule has 0 aliphatic carbocycles. The van der Waals surface area contributed by atoms with Crippen molar-refractivity contribution in [2.45, 2.75) is 31.7 Å². The average molecular weight is 505 g/mol. The van der Waals surface area contributed by atoms with Crippen molar-refractivity contribution in [2.75, 3.05) is 18.2 Å². The topological polar surface area (TPSA) is 105 Å². The van der Waals surface area contributed by atoms with Crippen LogP contribution in [0.15, 0.2) is 47.6 Å².